The second-order valence-electron chi connectivity index (χ2n) is 5.18. The van der Waals surface area contributed by atoms with Crippen molar-refractivity contribution in [2.75, 3.05) is 13.2 Å². The van der Waals surface area contributed by atoms with Gasteiger partial charge in [0.25, 0.3) is 0 Å². The maximum Gasteiger partial charge on any atom is 0.0896 e. The van der Waals surface area contributed by atoms with Crippen LogP contribution < -0.4 is 5.32 Å². The standard InChI is InChI=1S/C15H21N3OS/c1-2-18-11-13(9-17-18)15-12(5-6-19-15)8-16-10-14-4-3-7-20-14/h3-4,7,9,11-12,15-16H,2,5-6,8,10H2,1H3/t12-,15+/m1/s1. The van der Waals surface area contributed by atoms with Gasteiger partial charge in [-0.05, 0) is 24.8 Å². The Balaban J connectivity index is 1.55. The molecule has 0 radical (unpaired) electrons. The summed E-state index contributed by atoms with van der Waals surface area (Å²) >= 11 is 1.80. The van der Waals surface area contributed by atoms with E-state index in [1.54, 1.807) is 11.3 Å². The van der Waals surface area contributed by atoms with Crippen LogP contribution >= 0.6 is 11.3 Å². The van der Waals surface area contributed by atoms with Gasteiger partial charge in [0.2, 0.25) is 0 Å². The molecule has 1 N–H and O–H groups in total. The van der Waals surface area contributed by atoms with E-state index in [4.69, 9.17) is 4.74 Å². The highest BCUT2D eigenvalue weighted by Crippen LogP contribution is 2.33. The number of aromatic nitrogens is 2. The minimum Gasteiger partial charge on any atom is -0.373 e. The van der Waals surface area contributed by atoms with E-state index < -0.39 is 0 Å². The van der Waals surface area contributed by atoms with Gasteiger partial charge in [0, 0.05) is 48.8 Å². The number of hydrogen-bond acceptors (Lipinski definition) is 4. The van der Waals surface area contributed by atoms with Crippen LogP contribution in [-0.2, 0) is 17.8 Å². The largest absolute Gasteiger partial charge is 0.373 e. The molecule has 2 aromatic heterocycles. The lowest BCUT2D eigenvalue weighted by Gasteiger charge is -2.17. The molecule has 0 spiro atoms. The Hall–Kier alpha value is -1.17. The van der Waals surface area contributed by atoms with Crippen molar-refractivity contribution in [2.45, 2.75) is 32.5 Å². The first-order chi connectivity index (χ1) is 9.86. The summed E-state index contributed by atoms with van der Waals surface area (Å²) in [6.07, 6.45) is 5.39. The first-order valence-electron chi connectivity index (χ1n) is 7.24. The van der Waals surface area contributed by atoms with E-state index in [1.807, 2.05) is 10.9 Å². The molecule has 2 aromatic rings. The predicted molar refractivity (Wildman–Crippen MR) is 80.7 cm³/mol. The smallest absolute Gasteiger partial charge is 0.0896 e. The summed E-state index contributed by atoms with van der Waals surface area (Å²) in [5.74, 6) is 0.546. The van der Waals surface area contributed by atoms with Crippen LogP contribution in [0.25, 0.3) is 0 Å². The number of nitrogens with one attached hydrogen (secondary N) is 1. The number of ether oxygens (including phenoxy) is 1. The third kappa shape index (κ3) is 3.11. The number of aryl methyl sites for hydroxylation is 1. The van der Waals surface area contributed by atoms with Gasteiger partial charge in [-0.3, -0.25) is 4.68 Å². The van der Waals surface area contributed by atoms with E-state index in [0.717, 1.165) is 32.7 Å². The molecule has 0 amide bonds. The molecule has 0 bridgehead atoms. The zero-order valence-corrected chi connectivity index (χ0v) is 12.6. The molecule has 20 heavy (non-hydrogen) atoms. The first kappa shape index (κ1) is 13.8. The summed E-state index contributed by atoms with van der Waals surface area (Å²) in [5, 5.41) is 10.0. The van der Waals surface area contributed by atoms with Crippen molar-refractivity contribution >= 4 is 11.3 Å². The zero-order valence-electron chi connectivity index (χ0n) is 11.8. The van der Waals surface area contributed by atoms with Gasteiger partial charge in [-0.2, -0.15) is 5.10 Å². The normalized spacial score (nSPS) is 22.4. The average Bonchev–Trinajstić information content (AvgIpc) is 3.20. The topological polar surface area (TPSA) is 39.1 Å². The van der Waals surface area contributed by atoms with E-state index in [2.05, 4.69) is 41.0 Å². The van der Waals surface area contributed by atoms with E-state index >= 15 is 0 Å². The molecular weight excluding hydrogens is 270 g/mol. The van der Waals surface area contributed by atoms with Crippen LogP contribution in [-0.4, -0.2) is 22.9 Å². The Kier molecular flexibility index (Phi) is 4.50. The quantitative estimate of drug-likeness (QED) is 0.889. The monoisotopic (exact) mass is 291 g/mol. The Labute approximate surface area is 123 Å². The molecule has 1 fully saturated rings. The van der Waals surface area contributed by atoms with Crippen LogP contribution in [0.3, 0.4) is 0 Å². The van der Waals surface area contributed by atoms with Gasteiger partial charge in [0.15, 0.2) is 0 Å². The zero-order chi connectivity index (χ0) is 13.8. The molecule has 0 aromatic carbocycles. The van der Waals surface area contributed by atoms with Crippen LogP contribution in [0.15, 0.2) is 29.9 Å². The molecule has 2 atom stereocenters. The van der Waals surface area contributed by atoms with Crippen molar-refractivity contribution in [1.82, 2.24) is 15.1 Å². The van der Waals surface area contributed by atoms with E-state index in [1.165, 1.54) is 10.4 Å². The maximum absolute atomic E-state index is 5.91. The maximum atomic E-state index is 5.91. The van der Waals surface area contributed by atoms with Crippen LogP contribution in [0.5, 0.6) is 0 Å². The molecule has 0 aliphatic carbocycles. The molecule has 4 nitrogen and oxygen atoms in total. The van der Waals surface area contributed by atoms with Crippen molar-refractivity contribution in [3.8, 4) is 0 Å². The van der Waals surface area contributed by atoms with Gasteiger partial charge in [0.05, 0.1) is 12.3 Å². The predicted octanol–water partition coefficient (Wildman–Crippen LogP) is 2.83. The van der Waals surface area contributed by atoms with Crippen molar-refractivity contribution < 1.29 is 4.74 Å². The Bertz CT molecular complexity index is 523. The lowest BCUT2D eigenvalue weighted by atomic mass is 9.97. The molecule has 1 aliphatic heterocycles. The van der Waals surface area contributed by atoms with Gasteiger partial charge >= 0.3 is 0 Å². The highest BCUT2D eigenvalue weighted by molar-refractivity contribution is 7.09. The molecule has 0 unspecified atom stereocenters. The fourth-order valence-corrected chi connectivity index (χ4v) is 3.38. The minimum atomic E-state index is 0.200. The molecule has 1 aliphatic rings. The highest BCUT2D eigenvalue weighted by atomic mass is 32.1. The van der Waals surface area contributed by atoms with Crippen molar-refractivity contribution in [2.24, 2.45) is 5.92 Å². The van der Waals surface area contributed by atoms with Gasteiger partial charge in [-0.1, -0.05) is 6.07 Å². The van der Waals surface area contributed by atoms with Crippen LogP contribution in [0.1, 0.15) is 29.9 Å². The number of hydrogen-bond donors (Lipinski definition) is 1. The van der Waals surface area contributed by atoms with E-state index in [-0.39, 0.29) is 6.10 Å². The summed E-state index contributed by atoms with van der Waals surface area (Å²) < 4.78 is 7.87. The van der Waals surface area contributed by atoms with Crippen LogP contribution in [0, 0.1) is 5.92 Å². The van der Waals surface area contributed by atoms with E-state index in [9.17, 15) is 0 Å². The third-order valence-corrected chi connectivity index (χ3v) is 4.68. The molecule has 3 rings (SSSR count). The van der Waals surface area contributed by atoms with Gasteiger partial charge in [-0.15, -0.1) is 11.3 Å². The minimum absolute atomic E-state index is 0.200. The SMILES string of the molecule is CCn1cc([C@H]2OCC[C@@H]2CNCc2cccs2)cn1. The van der Waals surface area contributed by atoms with Crippen molar-refractivity contribution in [1.29, 1.82) is 0 Å². The Morgan fingerprint density at radius 3 is 3.25 bits per heavy atom. The van der Waals surface area contributed by atoms with Crippen LogP contribution in [0.4, 0.5) is 0 Å². The molecule has 0 saturated carbocycles. The number of nitrogens with zero attached hydrogens (tertiary/aromatic N) is 2. The summed E-state index contributed by atoms with van der Waals surface area (Å²) in [5.41, 5.74) is 1.22. The highest BCUT2D eigenvalue weighted by Gasteiger charge is 2.30. The van der Waals surface area contributed by atoms with Gasteiger partial charge < -0.3 is 10.1 Å². The lowest BCUT2D eigenvalue weighted by Crippen LogP contribution is -2.24. The fraction of sp³-hybridized carbons (Fsp3) is 0.533. The molecule has 1 saturated heterocycles. The summed E-state index contributed by atoms with van der Waals surface area (Å²) in [6.45, 7) is 5.82. The average molecular weight is 291 g/mol. The summed E-state index contributed by atoms with van der Waals surface area (Å²) in [6, 6.07) is 4.27. The van der Waals surface area contributed by atoms with Gasteiger partial charge in [0.1, 0.15) is 0 Å². The fourth-order valence-electron chi connectivity index (χ4n) is 2.70. The second-order valence-corrected chi connectivity index (χ2v) is 6.21. The second kappa shape index (κ2) is 6.52. The lowest BCUT2D eigenvalue weighted by molar-refractivity contribution is 0.0904. The summed E-state index contributed by atoms with van der Waals surface area (Å²) in [4.78, 5) is 1.39. The van der Waals surface area contributed by atoms with Crippen molar-refractivity contribution in [3.63, 3.8) is 0 Å². The molecular formula is C15H21N3OS. The molecule has 5 heteroatoms. The van der Waals surface area contributed by atoms with Crippen LogP contribution in [0.2, 0.25) is 0 Å². The number of thiophene rings is 1. The molecule has 108 valence electrons. The van der Waals surface area contributed by atoms with Crippen molar-refractivity contribution in [3.05, 3.63) is 40.3 Å². The third-order valence-electron chi connectivity index (χ3n) is 3.81. The number of rotatable bonds is 6. The molecule has 3 heterocycles. The first-order valence-corrected chi connectivity index (χ1v) is 8.12. The Morgan fingerprint density at radius 2 is 2.50 bits per heavy atom. The Morgan fingerprint density at radius 1 is 1.55 bits per heavy atom. The summed E-state index contributed by atoms with van der Waals surface area (Å²) in [7, 11) is 0. The van der Waals surface area contributed by atoms with Gasteiger partial charge in [-0.25, -0.2) is 0 Å². The van der Waals surface area contributed by atoms with E-state index in [0.29, 0.717) is 5.92 Å².